The topological polar surface area (TPSA) is 77.0 Å². The smallest absolute Gasteiger partial charge is 0.207 e. The molecule has 0 bridgehead atoms. The summed E-state index contributed by atoms with van der Waals surface area (Å²) in [7, 11) is -0.704. The van der Waals surface area contributed by atoms with Crippen LogP contribution in [0.4, 0.5) is 0 Å². The van der Waals surface area contributed by atoms with E-state index >= 15 is 0 Å². The number of ether oxygens (including phenoxy) is 3. The summed E-state index contributed by atoms with van der Waals surface area (Å²) in [5.41, 5.74) is 0. The average molecular weight is 221 g/mol. The number of amides is 1. The van der Waals surface area contributed by atoms with Crippen LogP contribution in [0.25, 0.3) is 0 Å². The molecule has 1 saturated heterocycles. The monoisotopic (exact) mass is 221 g/mol. The van der Waals surface area contributed by atoms with Crippen LogP contribution in [0.2, 0.25) is 0 Å². The van der Waals surface area contributed by atoms with Gasteiger partial charge in [-0.15, -0.1) is 0 Å². The molecule has 1 unspecified atom stereocenters. The summed E-state index contributed by atoms with van der Waals surface area (Å²) in [6.45, 7) is 1.67. The second-order valence-corrected chi connectivity index (χ2v) is 3.30. The third-order valence-electron chi connectivity index (χ3n) is 2.46. The van der Waals surface area contributed by atoms with Crippen LogP contribution in [0.15, 0.2) is 0 Å². The Morgan fingerprint density at radius 1 is 1.47 bits per heavy atom. The predicted molar refractivity (Wildman–Crippen MR) is 51.1 cm³/mol. The quantitative estimate of drug-likeness (QED) is 0.587. The van der Waals surface area contributed by atoms with Crippen LogP contribution in [0.3, 0.4) is 0 Å². The van der Waals surface area contributed by atoms with Gasteiger partial charge >= 0.3 is 0 Å². The summed E-state index contributed by atoms with van der Waals surface area (Å²) in [6, 6.07) is -0.530. The first-order valence-electron chi connectivity index (χ1n) is 5.92. The van der Waals surface area contributed by atoms with Gasteiger partial charge in [0, 0.05) is 14.2 Å². The minimum Gasteiger partial charge on any atom is -0.376 e. The van der Waals surface area contributed by atoms with Crippen LogP contribution in [-0.4, -0.2) is 56.3 Å². The van der Waals surface area contributed by atoms with Crippen molar-refractivity contribution < 1.29 is 26.9 Å². The fourth-order valence-electron chi connectivity index (χ4n) is 1.70. The van der Waals surface area contributed by atoms with E-state index in [9.17, 15) is 9.90 Å². The number of aliphatic hydroxyl groups is 1. The normalized spacial score (nSPS) is 42.9. The third-order valence-corrected chi connectivity index (χ3v) is 2.46. The molecule has 5 atom stereocenters. The molecule has 1 fully saturated rings. The van der Waals surface area contributed by atoms with Gasteiger partial charge in [0.15, 0.2) is 6.29 Å². The van der Waals surface area contributed by atoms with Crippen molar-refractivity contribution in [2.24, 2.45) is 0 Å². The molecule has 88 valence electrons. The van der Waals surface area contributed by atoms with E-state index < -0.39 is 30.6 Å². The van der Waals surface area contributed by atoms with Crippen molar-refractivity contribution in [3.05, 3.63) is 0 Å². The summed E-state index contributed by atoms with van der Waals surface area (Å²) < 4.78 is 29.4. The second kappa shape index (κ2) is 5.41. The predicted octanol–water partition coefficient (Wildman–Crippen LogP) is -1.13. The molecule has 2 N–H and O–H groups in total. The highest BCUT2D eigenvalue weighted by Crippen LogP contribution is 2.23. The van der Waals surface area contributed by atoms with E-state index in [1.807, 2.05) is 0 Å². The molecule has 1 rings (SSSR count). The maximum Gasteiger partial charge on any atom is 0.207 e. The lowest BCUT2D eigenvalue weighted by molar-refractivity contribution is -0.263. The Hall–Kier alpha value is -0.690. The molecule has 1 aliphatic heterocycles. The van der Waals surface area contributed by atoms with Gasteiger partial charge in [0.1, 0.15) is 12.2 Å². The summed E-state index contributed by atoms with van der Waals surface area (Å²) in [6.07, 6.45) is -2.83. The summed E-state index contributed by atoms with van der Waals surface area (Å²) in [4.78, 5) is 10.5. The lowest BCUT2D eigenvalue weighted by Gasteiger charge is -2.42. The molecule has 0 radical (unpaired) electrons. The Balaban J connectivity index is 2.81. The summed E-state index contributed by atoms with van der Waals surface area (Å²) in [5.74, 6) is 0. The Bertz CT molecular complexity index is 245. The number of hydrogen-bond acceptors (Lipinski definition) is 5. The van der Waals surface area contributed by atoms with Crippen molar-refractivity contribution in [1.82, 2.24) is 5.32 Å². The molecule has 1 heterocycles. The lowest BCUT2D eigenvalue weighted by atomic mass is 9.97. The van der Waals surface area contributed by atoms with E-state index in [0.717, 1.165) is 0 Å². The Labute approximate surface area is 91.3 Å². The molecular formula is C9H17NO5. The van der Waals surface area contributed by atoms with Gasteiger partial charge in [-0.05, 0) is 6.92 Å². The number of hydrogen-bond donors (Lipinski definition) is 2. The minimum atomic E-state index is -1.24. The number of carbonyl (C=O) groups excluding carboxylic acids is 1. The molecule has 0 saturated carbocycles. The van der Waals surface area contributed by atoms with Crippen LogP contribution < -0.4 is 5.32 Å². The maximum absolute atomic E-state index is 10.5. The molecule has 0 spiro atoms. The lowest BCUT2D eigenvalue weighted by Crippen LogP contribution is -2.62. The fourth-order valence-corrected chi connectivity index (χ4v) is 1.70. The first-order chi connectivity index (χ1) is 8.15. The summed E-state index contributed by atoms with van der Waals surface area (Å²) in [5, 5.41) is 12.2. The van der Waals surface area contributed by atoms with E-state index in [4.69, 9.17) is 17.0 Å². The van der Waals surface area contributed by atoms with E-state index in [1.54, 1.807) is 6.92 Å². The molecular weight excluding hydrogens is 202 g/mol. The van der Waals surface area contributed by atoms with Crippen molar-refractivity contribution in [3.8, 4) is 0 Å². The number of carbonyl (C=O) groups is 1. The molecule has 6 heteroatoms. The largest absolute Gasteiger partial charge is 0.376 e. The molecule has 0 aliphatic carbocycles. The van der Waals surface area contributed by atoms with E-state index in [2.05, 4.69) is 5.32 Å². The first kappa shape index (κ1) is 9.53. The van der Waals surface area contributed by atoms with Crippen molar-refractivity contribution >= 4 is 6.41 Å². The average Bonchev–Trinajstić information content (AvgIpc) is 2.29. The van der Waals surface area contributed by atoms with Gasteiger partial charge in [-0.25, -0.2) is 0 Å². The SMILES string of the molecule is [2H]CO[C@H]1[C@H](NC=O)[C@@H](C)OC(O)[C@H]1OC[2H]. The van der Waals surface area contributed by atoms with Crippen LogP contribution >= 0.6 is 0 Å². The highest BCUT2D eigenvalue weighted by Gasteiger charge is 2.44. The van der Waals surface area contributed by atoms with Gasteiger partial charge in [0.25, 0.3) is 0 Å². The molecule has 6 nitrogen and oxygen atoms in total. The number of rotatable bonds is 4. The fraction of sp³-hybridized carbons (Fsp3) is 0.889. The van der Waals surface area contributed by atoms with Crippen LogP contribution in [-0.2, 0) is 19.0 Å². The van der Waals surface area contributed by atoms with Crippen molar-refractivity contribution in [2.45, 2.75) is 37.6 Å². The van der Waals surface area contributed by atoms with Gasteiger partial charge in [-0.3, -0.25) is 4.79 Å². The van der Waals surface area contributed by atoms with E-state index in [-0.39, 0.29) is 14.2 Å². The van der Waals surface area contributed by atoms with Crippen molar-refractivity contribution in [3.63, 3.8) is 0 Å². The molecule has 15 heavy (non-hydrogen) atoms. The van der Waals surface area contributed by atoms with Crippen molar-refractivity contribution in [2.75, 3.05) is 14.2 Å². The zero-order valence-electron chi connectivity index (χ0n) is 10.5. The Morgan fingerprint density at radius 3 is 2.73 bits per heavy atom. The van der Waals surface area contributed by atoms with Crippen molar-refractivity contribution in [1.29, 1.82) is 0 Å². The molecule has 0 aromatic carbocycles. The number of nitrogens with one attached hydrogen (secondary N) is 1. The highest BCUT2D eigenvalue weighted by molar-refractivity contribution is 5.47. The standard InChI is InChI=1S/C9H17NO5/c1-5-6(10-4-11)7(13-2)8(14-3)9(12)15-5/h4-9,12H,1-3H3,(H,10,11)/t5-,6-,7+,8+,9?/m1/s1/i2D,3D. The number of methoxy groups -OCH3 is 2. The summed E-state index contributed by atoms with van der Waals surface area (Å²) >= 11 is 0. The zero-order valence-corrected chi connectivity index (χ0v) is 8.46. The Morgan fingerprint density at radius 2 is 2.13 bits per heavy atom. The number of aliphatic hydroxyl groups excluding tert-OH is 1. The van der Waals surface area contributed by atoms with Gasteiger partial charge in [0.2, 0.25) is 6.41 Å². The molecule has 0 aromatic heterocycles. The minimum absolute atomic E-state index is 0.334. The third kappa shape index (κ3) is 2.46. The van der Waals surface area contributed by atoms with Crippen LogP contribution in [0.1, 0.15) is 9.67 Å². The highest BCUT2D eigenvalue weighted by atomic mass is 16.7. The van der Waals surface area contributed by atoms with E-state index in [0.29, 0.717) is 6.41 Å². The molecule has 1 aliphatic rings. The zero-order chi connectivity index (χ0) is 12.8. The van der Waals surface area contributed by atoms with Crippen LogP contribution in [0.5, 0.6) is 0 Å². The van der Waals surface area contributed by atoms with Gasteiger partial charge in [-0.2, -0.15) is 0 Å². The second-order valence-electron chi connectivity index (χ2n) is 3.30. The maximum atomic E-state index is 10.5. The molecule has 1 amide bonds. The molecule has 0 aromatic rings. The van der Waals surface area contributed by atoms with E-state index in [1.165, 1.54) is 0 Å². The first-order valence-corrected chi connectivity index (χ1v) is 4.50. The van der Waals surface area contributed by atoms with Gasteiger partial charge in [-0.1, -0.05) is 0 Å². The van der Waals surface area contributed by atoms with Crippen LogP contribution in [0, 0.1) is 0 Å². The van der Waals surface area contributed by atoms with Gasteiger partial charge in [0.05, 0.1) is 14.9 Å². The van der Waals surface area contributed by atoms with Gasteiger partial charge < -0.3 is 24.6 Å². The Kier molecular flexibility index (Phi) is 3.44.